The van der Waals surface area contributed by atoms with E-state index in [1.54, 1.807) is 24.0 Å². The summed E-state index contributed by atoms with van der Waals surface area (Å²) < 4.78 is 13.4. The standard InChI is InChI=1S/C23H23FN6O2S/c1-33-22-8-9-29(20-6-2-15(13-25)14-26-20)10-11-30(22)21(31)7-5-19-27-18-4-3-16(24)12-17(18)23(32)28-19/h2-4,6,12,14,22H,5,7-11H2,1H3,(H,27,28,32). The largest absolute Gasteiger partial charge is 0.355 e. The molecular formula is C23H23FN6O2S. The summed E-state index contributed by atoms with van der Waals surface area (Å²) in [4.78, 5) is 40.8. The van der Waals surface area contributed by atoms with Crippen molar-refractivity contribution in [3.8, 4) is 6.07 Å². The van der Waals surface area contributed by atoms with Crippen molar-refractivity contribution < 1.29 is 9.18 Å². The van der Waals surface area contributed by atoms with Gasteiger partial charge in [0.25, 0.3) is 5.56 Å². The summed E-state index contributed by atoms with van der Waals surface area (Å²) in [5, 5.41) is 9.19. The lowest BCUT2D eigenvalue weighted by Gasteiger charge is -2.28. The molecule has 33 heavy (non-hydrogen) atoms. The van der Waals surface area contributed by atoms with Gasteiger partial charge in [-0.05, 0) is 43.0 Å². The number of aromatic amines is 1. The van der Waals surface area contributed by atoms with Crippen molar-refractivity contribution in [3.63, 3.8) is 0 Å². The summed E-state index contributed by atoms with van der Waals surface area (Å²) >= 11 is 1.63. The number of pyridine rings is 1. The highest BCUT2D eigenvalue weighted by Crippen LogP contribution is 2.24. The average molecular weight is 467 g/mol. The van der Waals surface area contributed by atoms with Crippen molar-refractivity contribution in [2.24, 2.45) is 0 Å². The Kier molecular flexibility index (Phi) is 6.89. The maximum atomic E-state index is 13.4. The molecule has 4 rings (SSSR count). The van der Waals surface area contributed by atoms with E-state index in [0.29, 0.717) is 36.4 Å². The smallest absolute Gasteiger partial charge is 0.258 e. The number of nitrogens with one attached hydrogen (secondary N) is 1. The Morgan fingerprint density at radius 3 is 2.88 bits per heavy atom. The van der Waals surface area contributed by atoms with E-state index < -0.39 is 11.4 Å². The molecule has 0 spiro atoms. The van der Waals surface area contributed by atoms with Gasteiger partial charge in [-0.3, -0.25) is 9.59 Å². The molecule has 0 bridgehead atoms. The van der Waals surface area contributed by atoms with Gasteiger partial charge in [-0.1, -0.05) is 0 Å². The third-order valence-corrected chi connectivity index (χ3v) is 6.72. The molecule has 1 atom stereocenters. The van der Waals surface area contributed by atoms with Crippen LogP contribution < -0.4 is 10.5 Å². The van der Waals surface area contributed by atoms with Crippen LogP contribution in [0.15, 0.2) is 41.3 Å². The molecule has 1 aliphatic heterocycles. The first kappa shape index (κ1) is 22.7. The first-order chi connectivity index (χ1) is 16.0. The van der Waals surface area contributed by atoms with Crippen LogP contribution >= 0.6 is 11.8 Å². The van der Waals surface area contributed by atoms with E-state index in [4.69, 9.17) is 5.26 Å². The zero-order valence-electron chi connectivity index (χ0n) is 18.1. The molecule has 3 aromatic rings. The van der Waals surface area contributed by atoms with Gasteiger partial charge in [-0.25, -0.2) is 14.4 Å². The van der Waals surface area contributed by atoms with Gasteiger partial charge < -0.3 is 14.8 Å². The monoisotopic (exact) mass is 466 g/mol. The zero-order chi connectivity index (χ0) is 23.4. The van der Waals surface area contributed by atoms with Crippen molar-refractivity contribution >= 4 is 34.4 Å². The maximum absolute atomic E-state index is 13.4. The molecular weight excluding hydrogens is 443 g/mol. The number of carbonyl (C=O) groups excluding carboxylic acids is 1. The Hall–Kier alpha value is -3.45. The lowest BCUT2D eigenvalue weighted by atomic mass is 10.2. The number of aromatic nitrogens is 3. The number of fused-ring (bicyclic) bond motifs is 1. The van der Waals surface area contributed by atoms with E-state index in [9.17, 15) is 14.0 Å². The molecule has 10 heteroatoms. The number of aryl methyl sites for hydroxylation is 1. The molecule has 0 radical (unpaired) electrons. The predicted octanol–water partition coefficient (Wildman–Crippen LogP) is 2.69. The fourth-order valence-corrected chi connectivity index (χ4v) is 4.77. The van der Waals surface area contributed by atoms with Crippen LogP contribution in [0.25, 0.3) is 10.9 Å². The number of nitrogens with zero attached hydrogens (tertiary/aromatic N) is 5. The van der Waals surface area contributed by atoms with Gasteiger partial charge in [0.1, 0.15) is 23.5 Å². The Labute approximate surface area is 194 Å². The number of H-pyrrole nitrogens is 1. The summed E-state index contributed by atoms with van der Waals surface area (Å²) in [5.74, 6) is 0.696. The Bertz CT molecular complexity index is 1260. The van der Waals surface area contributed by atoms with E-state index in [1.807, 2.05) is 17.2 Å². The topological polar surface area (TPSA) is 106 Å². The molecule has 1 amide bonds. The molecule has 8 nitrogen and oxygen atoms in total. The third-order valence-electron chi connectivity index (χ3n) is 5.69. The molecule has 1 aromatic carbocycles. The number of benzene rings is 1. The lowest BCUT2D eigenvalue weighted by Crippen LogP contribution is -2.40. The van der Waals surface area contributed by atoms with E-state index in [-0.39, 0.29) is 23.1 Å². The highest BCUT2D eigenvalue weighted by Gasteiger charge is 2.27. The van der Waals surface area contributed by atoms with Crippen LogP contribution in [0.2, 0.25) is 0 Å². The van der Waals surface area contributed by atoms with Crippen molar-refractivity contribution in [1.29, 1.82) is 5.26 Å². The van der Waals surface area contributed by atoms with Crippen LogP contribution in [-0.2, 0) is 11.2 Å². The number of rotatable bonds is 5. The molecule has 0 aliphatic carbocycles. The van der Waals surface area contributed by atoms with Crippen LogP contribution in [0.3, 0.4) is 0 Å². The third kappa shape index (κ3) is 5.14. The summed E-state index contributed by atoms with van der Waals surface area (Å²) in [6.45, 7) is 1.94. The van der Waals surface area contributed by atoms with Crippen LogP contribution in [-0.4, -0.2) is 57.0 Å². The minimum atomic E-state index is -0.493. The van der Waals surface area contributed by atoms with Crippen LogP contribution in [0.1, 0.15) is 24.2 Å². The predicted molar refractivity (Wildman–Crippen MR) is 125 cm³/mol. The molecule has 3 heterocycles. The van der Waals surface area contributed by atoms with Gasteiger partial charge in [0.2, 0.25) is 5.91 Å². The number of carbonyl (C=O) groups is 1. The normalized spacial score (nSPS) is 16.5. The van der Waals surface area contributed by atoms with Crippen molar-refractivity contribution in [2.75, 3.05) is 30.8 Å². The quantitative estimate of drug-likeness (QED) is 0.616. The molecule has 0 saturated carbocycles. The molecule has 1 fully saturated rings. The molecule has 1 unspecified atom stereocenters. The molecule has 1 aliphatic rings. The summed E-state index contributed by atoms with van der Waals surface area (Å²) in [6, 6.07) is 9.53. The first-order valence-electron chi connectivity index (χ1n) is 10.6. The summed E-state index contributed by atoms with van der Waals surface area (Å²) in [5.41, 5.74) is 0.507. The lowest BCUT2D eigenvalue weighted by molar-refractivity contribution is -0.131. The molecule has 170 valence electrons. The average Bonchev–Trinajstić information content (AvgIpc) is 3.06. The number of hydrogen-bond acceptors (Lipinski definition) is 7. The number of amides is 1. The summed E-state index contributed by atoms with van der Waals surface area (Å²) in [7, 11) is 0. The highest BCUT2D eigenvalue weighted by molar-refractivity contribution is 7.99. The van der Waals surface area contributed by atoms with Gasteiger partial charge >= 0.3 is 0 Å². The van der Waals surface area contributed by atoms with Crippen molar-refractivity contribution in [3.05, 3.63) is 64.1 Å². The Morgan fingerprint density at radius 2 is 2.15 bits per heavy atom. The fourth-order valence-electron chi connectivity index (χ4n) is 3.95. The number of halogens is 1. The van der Waals surface area contributed by atoms with Crippen LogP contribution in [0.5, 0.6) is 0 Å². The van der Waals surface area contributed by atoms with Crippen LogP contribution in [0.4, 0.5) is 10.2 Å². The molecule has 1 N–H and O–H groups in total. The van der Waals surface area contributed by atoms with E-state index in [0.717, 1.165) is 24.8 Å². The Morgan fingerprint density at radius 1 is 1.30 bits per heavy atom. The minimum Gasteiger partial charge on any atom is -0.355 e. The van der Waals surface area contributed by atoms with Gasteiger partial charge in [0.15, 0.2) is 0 Å². The van der Waals surface area contributed by atoms with Gasteiger partial charge in [-0.15, -0.1) is 11.8 Å². The minimum absolute atomic E-state index is 0.00848. The number of hydrogen-bond donors (Lipinski definition) is 1. The highest BCUT2D eigenvalue weighted by atomic mass is 32.2. The van der Waals surface area contributed by atoms with Gasteiger partial charge in [0, 0.05) is 38.7 Å². The van der Waals surface area contributed by atoms with Crippen molar-refractivity contribution in [2.45, 2.75) is 24.6 Å². The fraction of sp³-hybridized carbons (Fsp3) is 0.348. The SMILES string of the molecule is CSC1CCN(c2ccc(C#N)cn2)CCN1C(=O)CCc1nc2ccc(F)cc2c(=O)[nH]1. The second kappa shape index (κ2) is 10.0. The van der Waals surface area contributed by atoms with Gasteiger partial charge in [0.05, 0.1) is 21.8 Å². The second-order valence-electron chi connectivity index (χ2n) is 7.74. The van der Waals surface area contributed by atoms with E-state index in [1.165, 1.54) is 12.1 Å². The molecule has 1 saturated heterocycles. The van der Waals surface area contributed by atoms with E-state index in [2.05, 4.69) is 25.9 Å². The second-order valence-corrected chi connectivity index (χ2v) is 8.76. The maximum Gasteiger partial charge on any atom is 0.258 e. The van der Waals surface area contributed by atoms with Crippen molar-refractivity contribution in [1.82, 2.24) is 19.9 Å². The number of thioether (sulfide) groups is 1. The number of nitriles is 1. The number of anilines is 1. The van der Waals surface area contributed by atoms with E-state index >= 15 is 0 Å². The first-order valence-corrected chi connectivity index (χ1v) is 11.9. The molecule has 2 aromatic heterocycles. The summed E-state index contributed by atoms with van der Waals surface area (Å²) in [6.07, 6.45) is 4.83. The van der Waals surface area contributed by atoms with Gasteiger partial charge in [-0.2, -0.15) is 5.26 Å². The van der Waals surface area contributed by atoms with Crippen LogP contribution in [0, 0.1) is 17.1 Å². The zero-order valence-corrected chi connectivity index (χ0v) is 18.9. The Balaban J connectivity index is 1.43.